The SMILES string of the molecule is Cn1c(N=C(c2ccccc2)c2ccccc2)c(Br)c2ccccc21. The zero-order chi connectivity index (χ0) is 17.2. The van der Waals surface area contributed by atoms with Crippen LogP contribution in [-0.4, -0.2) is 10.3 Å². The van der Waals surface area contributed by atoms with Crippen LogP contribution < -0.4 is 0 Å². The second kappa shape index (κ2) is 6.69. The standard InChI is InChI=1S/C22H17BrN2/c1-25-19-15-9-8-14-18(19)20(23)22(25)24-21(16-10-4-2-5-11-16)17-12-6-3-7-13-17/h2-15H,1H3. The Balaban J connectivity index is 1.98. The minimum absolute atomic E-state index is 0.920. The number of hydrogen-bond acceptors (Lipinski definition) is 1. The van der Waals surface area contributed by atoms with Gasteiger partial charge in [-0.05, 0) is 22.0 Å². The molecule has 0 atom stereocenters. The molecule has 1 aromatic heterocycles. The number of rotatable bonds is 3. The minimum Gasteiger partial charge on any atom is -0.328 e. The second-order valence-electron chi connectivity index (χ2n) is 5.91. The van der Waals surface area contributed by atoms with Crippen molar-refractivity contribution in [3.63, 3.8) is 0 Å². The number of benzene rings is 3. The number of para-hydroxylation sites is 1. The first-order valence-electron chi connectivity index (χ1n) is 8.18. The van der Waals surface area contributed by atoms with Crippen LogP contribution in [0.4, 0.5) is 5.82 Å². The third-order valence-electron chi connectivity index (χ3n) is 4.33. The van der Waals surface area contributed by atoms with Crippen LogP contribution in [-0.2, 0) is 7.05 Å². The number of aromatic nitrogens is 1. The third kappa shape index (κ3) is 2.92. The van der Waals surface area contributed by atoms with Gasteiger partial charge in [0.1, 0.15) is 5.82 Å². The van der Waals surface area contributed by atoms with Crippen LogP contribution in [0.2, 0.25) is 0 Å². The fourth-order valence-corrected chi connectivity index (χ4v) is 3.74. The molecule has 0 aliphatic rings. The summed E-state index contributed by atoms with van der Waals surface area (Å²) in [6.45, 7) is 0. The molecule has 0 aliphatic carbocycles. The highest BCUT2D eigenvalue weighted by Crippen LogP contribution is 2.36. The lowest BCUT2D eigenvalue weighted by Crippen LogP contribution is -2.03. The van der Waals surface area contributed by atoms with Gasteiger partial charge in [-0.3, -0.25) is 0 Å². The highest BCUT2D eigenvalue weighted by Gasteiger charge is 2.14. The lowest BCUT2D eigenvalue weighted by atomic mass is 10.0. The van der Waals surface area contributed by atoms with Crippen LogP contribution in [0.15, 0.2) is 94.4 Å². The molecule has 1 heterocycles. The Morgan fingerprint density at radius 2 is 1.28 bits per heavy atom. The number of fused-ring (bicyclic) bond motifs is 1. The molecule has 0 saturated heterocycles. The number of halogens is 1. The Morgan fingerprint density at radius 1 is 0.760 bits per heavy atom. The van der Waals surface area contributed by atoms with E-state index in [1.54, 1.807) is 0 Å². The van der Waals surface area contributed by atoms with Gasteiger partial charge < -0.3 is 4.57 Å². The molecule has 3 heteroatoms. The van der Waals surface area contributed by atoms with Crippen molar-refractivity contribution in [3.8, 4) is 0 Å². The van der Waals surface area contributed by atoms with Gasteiger partial charge in [0.15, 0.2) is 0 Å². The largest absolute Gasteiger partial charge is 0.328 e. The lowest BCUT2D eigenvalue weighted by molar-refractivity contribution is 0.962. The molecule has 4 rings (SSSR count). The first-order valence-corrected chi connectivity index (χ1v) is 8.97. The Hall–Kier alpha value is -2.65. The fourth-order valence-electron chi connectivity index (χ4n) is 3.05. The summed E-state index contributed by atoms with van der Waals surface area (Å²) in [6, 6.07) is 29.0. The summed E-state index contributed by atoms with van der Waals surface area (Å²) in [5.74, 6) is 0.920. The summed E-state index contributed by atoms with van der Waals surface area (Å²) < 4.78 is 3.15. The van der Waals surface area contributed by atoms with Crippen LogP contribution in [0.5, 0.6) is 0 Å². The zero-order valence-corrected chi connectivity index (χ0v) is 15.4. The first-order chi connectivity index (χ1) is 12.3. The van der Waals surface area contributed by atoms with Gasteiger partial charge in [0.2, 0.25) is 0 Å². The van der Waals surface area contributed by atoms with Crippen molar-refractivity contribution >= 4 is 38.4 Å². The smallest absolute Gasteiger partial charge is 0.148 e. The van der Waals surface area contributed by atoms with E-state index in [9.17, 15) is 0 Å². The number of nitrogens with zero attached hydrogens (tertiary/aromatic N) is 2. The molecule has 0 saturated carbocycles. The maximum Gasteiger partial charge on any atom is 0.148 e. The molecule has 4 aromatic rings. The van der Waals surface area contributed by atoms with Crippen LogP contribution >= 0.6 is 15.9 Å². The Bertz CT molecular complexity index is 967. The maximum absolute atomic E-state index is 5.07. The third-order valence-corrected chi connectivity index (χ3v) is 5.11. The van der Waals surface area contributed by atoms with Crippen molar-refractivity contribution in [1.82, 2.24) is 4.57 Å². The predicted molar refractivity (Wildman–Crippen MR) is 109 cm³/mol. The van der Waals surface area contributed by atoms with Gasteiger partial charge in [-0.1, -0.05) is 78.9 Å². The number of aryl methyl sites for hydroxylation is 1. The van der Waals surface area contributed by atoms with E-state index in [1.807, 2.05) is 36.4 Å². The molecular formula is C22H17BrN2. The first kappa shape index (κ1) is 15.9. The molecule has 0 fully saturated rings. The Labute approximate surface area is 155 Å². The van der Waals surface area contributed by atoms with E-state index in [4.69, 9.17) is 4.99 Å². The predicted octanol–water partition coefficient (Wildman–Crippen LogP) is 6.11. The number of hydrogen-bond donors (Lipinski definition) is 0. The molecule has 0 spiro atoms. The topological polar surface area (TPSA) is 17.3 Å². The van der Waals surface area contributed by atoms with Gasteiger partial charge in [0.25, 0.3) is 0 Å². The average molecular weight is 389 g/mol. The van der Waals surface area contributed by atoms with Crippen LogP contribution in [0.25, 0.3) is 10.9 Å². The summed E-state index contributed by atoms with van der Waals surface area (Å²) >= 11 is 3.75. The van der Waals surface area contributed by atoms with Gasteiger partial charge in [0.05, 0.1) is 15.7 Å². The minimum atomic E-state index is 0.920. The summed E-state index contributed by atoms with van der Waals surface area (Å²) in [7, 11) is 2.06. The summed E-state index contributed by atoms with van der Waals surface area (Å²) in [6.07, 6.45) is 0. The van der Waals surface area contributed by atoms with E-state index in [-0.39, 0.29) is 0 Å². The molecule has 2 nitrogen and oxygen atoms in total. The van der Waals surface area contributed by atoms with Gasteiger partial charge in [-0.15, -0.1) is 0 Å². The molecule has 0 amide bonds. The molecule has 0 bridgehead atoms. The van der Waals surface area contributed by atoms with E-state index in [2.05, 4.69) is 76.1 Å². The van der Waals surface area contributed by atoms with Crippen molar-refractivity contribution in [2.45, 2.75) is 0 Å². The summed E-state index contributed by atoms with van der Waals surface area (Å²) in [5.41, 5.74) is 4.33. The van der Waals surface area contributed by atoms with Gasteiger partial charge in [0, 0.05) is 23.6 Å². The van der Waals surface area contributed by atoms with Crippen LogP contribution in [0.1, 0.15) is 11.1 Å². The van der Waals surface area contributed by atoms with Crippen LogP contribution in [0, 0.1) is 0 Å². The lowest BCUT2D eigenvalue weighted by Gasteiger charge is -2.08. The van der Waals surface area contributed by atoms with Gasteiger partial charge >= 0.3 is 0 Å². The summed E-state index contributed by atoms with van der Waals surface area (Å²) in [4.78, 5) is 5.07. The highest BCUT2D eigenvalue weighted by molar-refractivity contribution is 9.10. The molecule has 25 heavy (non-hydrogen) atoms. The normalized spacial score (nSPS) is 10.8. The van der Waals surface area contributed by atoms with Crippen molar-refractivity contribution in [3.05, 3.63) is 101 Å². The van der Waals surface area contributed by atoms with Gasteiger partial charge in [-0.25, -0.2) is 4.99 Å². The Morgan fingerprint density at radius 3 is 1.84 bits per heavy atom. The second-order valence-corrected chi connectivity index (χ2v) is 6.70. The molecule has 0 unspecified atom stereocenters. The zero-order valence-electron chi connectivity index (χ0n) is 13.9. The highest BCUT2D eigenvalue weighted by atomic mass is 79.9. The molecule has 3 aromatic carbocycles. The van der Waals surface area contributed by atoms with Gasteiger partial charge in [-0.2, -0.15) is 0 Å². The molecule has 0 radical (unpaired) electrons. The monoisotopic (exact) mass is 388 g/mol. The quantitative estimate of drug-likeness (QED) is 0.376. The summed E-state index contributed by atoms with van der Waals surface area (Å²) in [5, 5.41) is 1.17. The van der Waals surface area contributed by atoms with E-state index in [0.717, 1.165) is 32.6 Å². The van der Waals surface area contributed by atoms with Crippen molar-refractivity contribution < 1.29 is 0 Å². The number of aliphatic imine (C=N–C) groups is 1. The average Bonchev–Trinajstić information content (AvgIpc) is 2.92. The van der Waals surface area contributed by atoms with E-state index in [0.29, 0.717) is 0 Å². The fraction of sp³-hybridized carbons (Fsp3) is 0.0455. The molecular weight excluding hydrogens is 372 g/mol. The van der Waals surface area contributed by atoms with E-state index in [1.165, 1.54) is 5.39 Å². The molecule has 0 N–H and O–H groups in total. The van der Waals surface area contributed by atoms with E-state index >= 15 is 0 Å². The van der Waals surface area contributed by atoms with Crippen molar-refractivity contribution in [2.24, 2.45) is 12.0 Å². The van der Waals surface area contributed by atoms with Crippen LogP contribution in [0.3, 0.4) is 0 Å². The van der Waals surface area contributed by atoms with E-state index < -0.39 is 0 Å². The van der Waals surface area contributed by atoms with Crippen molar-refractivity contribution in [1.29, 1.82) is 0 Å². The Kier molecular flexibility index (Phi) is 4.24. The molecule has 122 valence electrons. The maximum atomic E-state index is 5.07. The van der Waals surface area contributed by atoms with Crippen molar-refractivity contribution in [2.75, 3.05) is 0 Å². The molecule has 0 aliphatic heterocycles.